The van der Waals surface area contributed by atoms with Crippen LogP contribution in [0, 0.1) is 0 Å². The van der Waals surface area contributed by atoms with Crippen LogP contribution in [0.3, 0.4) is 0 Å². The zero-order valence-corrected chi connectivity index (χ0v) is 12.0. The lowest BCUT2D eigenvalue weighted by Gasteiger charge is -2.27. The normalized spacial score (nSPS) is 18.3. The monoisotopic (exact) mass is 313 g/mol. The van der Waals surface area contributed by atoms with Crippen molar-refractivity contribution < 1.29 is 23.1 Å². The van der Waals surface area contributed by atoms with Gasteiger partial charge < -0.3 is 10.4 Å². The SMILES string of the molecule is O=C(/C=C(/c1ccccc1)C(F)(F)F)NC1(CO)CCCC1. The summed E-state index contributed by atoms with van der Waals surface area (Å²) in [5.41, 5.74) is -1.84. The molecule has 0 saturated heterocycles. The zero-order chi connectivity index (χ0) is 16.2. The maximum absolute atomic E-state index is 13.2. The van der Waals surface area contributed by atoms with E-state index in [4.69, 9.17) is 0 Å². The number of hydrogen-bond donors (Lipinski definition) is 2. The lowest BCUT2D eigenvalue weighted by molar-refractivity contribution is -0.119. The van der Waals surface area contributed by atoms with E-state index in [0.29, 0.717) is 18.9 Å². The van der Waals surface area contributed by atoms with E-state index in [0.717, 1.165) is 12.8 Å². The molecule has 0 radical (unpaired) electrons. The van der Waals surface area contributed by atoms with Crippen LogP contribution in [0.4, 0.5) is 13.2 Å². The number of aliphatic hydroxyl groups is 1. The van der Waals surface area contributed by atoms with Crippen molar-refractivity contribution in [2.45, 2.75) is 37.4 Å². The number of nitrogens with one attached hydrogen (secondary N) is 1. The second-order valence-corrected chi connectivity index (χ2v) is 5.56. The third-order valence-electron chi connectivity index (χ3n) is 3.92. The van der Waals surface area contributed by atoms with Gasteiger partial charge in [0.1, 0.15) is 0 Å². The number of carbonyl (C=O) groups is 1. The predicted octanol–water partition coefficient (Wildman–Crippen LogP) is 3.05. The number of hydrogen-bond acceptors (Lipinski definition) is 2. The Morgan fingerprint density at radius 3 is 2.32 bits per heavy atom. The van der Waals surface area contributed by atoms with E-state index in [1.165, 1.54) is 24.3 Å². The van der Waals surface area contributed by atoms with Crippen LogP contribution in [0.15, 0.2) is 36.4 Å². The number of carbonyl (C=O) groups excluding carboxylic acids is 1. The smallest absolute Gasteiger partial charge is 0.394 e. The van der Waals surface area contributed by atoms with Gasteiger partial charge in [-0.2, -0.15) is 13.2 Å². The minimum Gasteiger partial charge on any atom is -0.394 e. The molecule has 1 fully saturated rings. The summed E-state index contributed by atoms with van der Waals surface area (Å²) in [6, 6.07) is 7.20. The second kappa shape index (κ2) is 6.52. The highest BCUT2D eigenvalue weighted by Crippen LogP contribution is 2.34. The number of aliphatic hydroxyl groups excluding tert-OH is 1. The van der Waals surface area contributed by atoms with Gasteiger partial charge >= 0.3 is 6.18 Å². The molecule has 1 aliphatic carbocycles. The molecule has 1 amide bonds. The van der Waals surface area contributed by atoms with Crippen molar-refractivity contribution in [2.24, 2.45) is 0 Å². The van der Waals surface area contributed by atoms with E-state index >= 15 is 0 Å². The van der Waals surface area contributed by atoms with Crippen LogP contribution in [-0.2, 0) is 4.79 Å². The molecule has 0 aliphatic heterocycles. The molecule has 1 aromatic carbocycles. The van der Waals surface area contributed by atoms with Gasteiger partial charge in [0.2, 0.25) is 5.91 Å². The first-order chi connectivity index (χ1) is 10.4. The third kappa shape index (κ3) is 3.88. The molecule has 2 N–H and O–H groups in total. The van der Waals surface area contributed by atoms with Crippen LogP contribution in [0.1, 0.15) is 31.2 Å². The third-order valence-corrected chi connectivity index (χ3v) is 3.92. The lowest BCUT2D eigenvalue weighted by Crippen LogP contribution is -2.48. The molecule has 2 rings (SSSR count). The van der Waals surface area contributed by atoms with Crippen molar-refractivity contribution in [3.63, 3.8) is 0 Å². The molecule has 0 heterocycles. The van der Waals surface area contributed by atoms with Crippen LogP contribution >= 0.6 is 0 Å². The number of amides is 1. The van der Waals surface area contributed by atoms with Gasteiger partial charge in [-0.1, -0.05) is 43.2 Å². The molecule has 0 bridgehead atoms. The Morgan fingerprint density at radius 1 is 1.23 bits per heavy atom. The molecule has 3 nitrogen and oxygen atoms in total. The number of allylic oxidation sites excluding steroid dienone is 1. The van der Waals surface area contributed by atoms with E-state index in [9.17, 15) is 23.1 Å². The van der Waals surface area contributed by atoms with Crippen LogP contribution in [0.5, 0.6) is 0 Å². The van der Waals surface area contributed by atoms with Gasteiger partial charge in [0.25, 0.3) is 0 Å². The van der Waals surface area contributed by atoms with E-state index in [1.807, 2.05) is 0 Å². The van der Waals surface area contributed by atoms with Gasteiger partial charge in [-0.25, -0.2) is 0 Å². The summed E-state index contributed by atoms with van der Waals surface area (Å²) < 4.78 is 39.5. The minimum absolute atomic E-state index is 0.0605. The van der Waals surface area contributed by atoms with Crippen LogP contribution in [0.25, 0.3) is 5.57 Å². The minimum atomic E-state index is -4.62. The van der Waals surface area contributed by atoms with E-state index < -0.39 is 23.2 Å². The summed E-state index contributed by atoms with van der Waals surface area (Å²) in [6.07, 6.45) is -1.21. The fourth-order valence-electron chi connectivity index (χ4n) is 2.75. The number of halogens is 3. The van der Waals surface area contributed by atoms with Gasteiger partial charge in [-0.3, -0.25) is 4.79 Å². The Balaban J connectivity index is 2.24. The first-order valence-corrected chi connectivity index (χ1v) is 7.14. The maximum atomic E-state index is 13.2. The van der Waals surface area contributed by atoms with Crippen molar-refractivity contribution in [3.8, 4) is 0 Å². The van der Waals surface area contributed by atoms with Gasteiger partial charge in [0.15, 0.2) is 0 Å². The van der Waals surface area contributed by atoms with Crippen LogP contribution < -0.4 is 5.32 Å². The number of rotatable bonds is 4. The quantitative estimate of drug-likeness (QED) is 0.839. The molecule has 0 atom stereocenters. The summed E-state index contributed by atoms with van der Waals surface area (Å²) in [6.45, 7) is -0.265. The molecule has 0 spiro atoms. The Morgan fingerprint density at radius 2 is 1.82 bits per heavy atom. The largest absolute Gasteiger partial charge is 0.417 e. The van der Waals surface area contributed by atoms with Gasteiger partial charge in [-0.15, -0.1) is 0 Å². The predicted molar refractivity (Wildman–Crippen MR) is 76.9 cm³/mol. The molecule has 22 heavy (non-hydrogen) atoms. The Bertz CT molecular complexity index is 546. The summed E-state index contributed by atoms with van der Waals surface area (Å²) in [4.78, 5) is 12.0. The fourth-order valence-corrected chi connectivity index (χ4v) is 2.75. The lowest BCUT2D eigenvalue weighted by atomic mass is 9.98. The molecular weight excluding hydrogens is 295 g/mol. The van der Waals surface area contributed by atoms with Crippen molar-refractivity contribution in [1.29, 1.82) is 0 Å². The Labute approximate surface area is 126 Å². The summed E-state index contributed by atoms with van der Waals surface area (Å²) in [5.74, 6) is -0.827. The van der Waals surface area contributed by atoms with E-state index in [1.54, 1.807) is 6.07 Å². The van der Waals surface area contributed by atoms with Crippen LogP contribution in [-0.4, -0.2) is 29.3 Å². The Kier molecular flexibility index (Phi) is 4.90. The van der Waals surface area contributed by atoms with Crippen molar-refractivity contribution in [2.75, 3.05) is 6.61 Å². The average molecular weight is 313 g/mol. The van der Waals surface area contributed by atoms with Crippen LogP contribution in [0.2, 0.25) is 0 Å². The van der Waals surface area contributed by atoms with Gasteiger partial charge in [-0.05, 0) is 18.4 Å². The topological polar surface area (TPSA) is 49.3 Å². The van der Waals surface area contributed by atoms with E-state index in [2.05, 4.69) is 5.32 Å². The molecule has 120 valence electrons. The summed E-state index contributed by atoms with van der Waals surface area (Å²) in [7, 11) is 0. The number of alkyl halides is 3. The molecule has 1 aromatic rings. The summed E-state index contributed by atoms with van der Waals surface area (Å²) >= 11 is 0. The van der Waals surface area contributed by atoms with Gasteiger partial charge in [0, 0.05) is 6.08 Å². The average Bonchev–Trinajstić information content (AvgIpc) is 2.93. The van der Waals surface area contributed by atoms with Crippen molar-refractivity contribution in [3.05, 3.63) is 42.0 Å². The van der Waals surface area contributed by atoms with Crippen molar-refractivity contribution in [1.82, 2.24) is 5.32 Å². The first-order valence-electron chi connectivity index (χ1n) is 7.14. The highest BCUT2D eigenvalue weighted by Gasteiger charge is 2.37. The fraction of sp³-hybridized carbons (Fsp3) is 0.438. The molecule has 0 unspecified atom stereocenters. The molecule has 6 heteroatoms. The standard InChI is InChI=1S/C16H18F3NO2/c17-16(18,19)13(12-6-2-1-3-7-12)10-14(22)20-15(11-21)8-4-5-9-15/h1-3,6-7,10,21H,4-5,8-9,11H2,(H,20,22)/b13-10-. The Hall–Kier alpha value is -1.82. The first kappa shape index (κ1) is 16.5. The highest BCUT2D eigenvalue weighted by molar-refractivity contribution is 5.96. The zero-order valence-electron chi connectivity index (χ0n) is 12.0. The number of benzene rings is 1. The summed E-state index contributed by atoms with van der Waals surface area (Å²) in [5, 5.41) is 12.0. The molecule has 0 aromatic heterocycles. The molecule has 1 saturated carbocycles. The van der Waals surface area contributed by atoms with E-state index in [-0.39, 0.29) is 12.2 Å². The van der Waals surface area contributed by atoms with Gasteiger partial charge in [0.05, 0.1) is 17.7 Å². The second-order valence-electron chi connectivity index (χ2n) is 5.56. The highest BCUT2D eigenvalue weighted by atomic mass is 19.4. The molecule has 1 aliphatic rings. The van der Waals surface area contributed by atoms with Crippen molar-refractivity contribution >= 4 is 11.5 Å². The molecular formula is C16H18F3NO2. The maximum Gasteiger partial charge on any atom is 0.417 e.